The van der Waals surface area contributed by atoms with Gasteiger partial charge in [0.2, 0.25) is 0 Å². The molecule has 0 spiro atoms. The maximum Gasteiger partial charge on any atom is 0.0544 e. The highest BCUT2D eigenvalue weighted by Gasteiger charge is 2.14. The molecule has 1 N–H and O–H groups in total. The molecule has 0 aliphatic rings. The normalized spacial score (nSPS) is 12.1. The van der Waals surface area contributed by atoms with Crippen molar-refractivity contribution in [3.05, 3.63) is 72.3 Å². The van der Waals surface area contributed by atoms with Crippen LogP contribution in [-0.2, 0) is 5.41 Å². The molecule has 0 saturated carbocycles. The van der Waals surface area contributed by atoms with Gasteiger partial charge in [0.05, 0.1) is 5.52 Å². The van der Waals surface area contributed by atoms with Crippen molar-refractivity contribution >= 4 is 21.8 Å². The Morgan fingerprint density at radius 1 is 0.696 bits per heavy atom. The first-order chi connectivity index (χ1) is 11.0. The monoisotopic (exact) mass is 299 g/mol. The molecule has 0 bridgehead atoms. The van der Waals surface area contributed by atoms with Crippen LogP contribution in [0.5, 0.6) is 0 Å². The molecule has 0 unspecified atom stereocenters. The highest BCUT2D eigenvalue weighted by atomic mass is 14.7. The number of nitrogens with one attached hydrogen (secondary N) is 1. The molecule has 0 saturated heterocycles. The second-order valence-corrected chi connectivity index (χ2v) is 7.23. The third-order valence-electron chi connectivity index (χ3n) is 4.60. The van der Waals surface area contributed by atoms with E-state index in [1.165, 1.54) is 38.5 Å². The van der Waals surface area contributed by atoms with E-state index in [1.54, 1.807) is 0 Å². The summed E-state index contributed by atoms with van der Waals surface area (Å²) in [6.07, 6.45) is 0. The van der Waals surface area contributed by atoms with E-state index >= 15 is 0 Å². The maximum atomic E-state index is 3.59. The summed E-state index contributed by atoms with van der Waals surface area (Å²) < 4.78 is 0. The number of benzene rings is 3. The van der Waals surface area contributed by atoms with Crippen LogP contribution >= 0.6 is 0 Å². The van der Waals surface area contributed by atoms with Crippen LogP contribution in [0.1, 0.15) is 26.3 Å². The summed E-state index contributed by atoms with van der Waals surface area (Å²) in [7, 11) is 0. The highest BCUT2D eigenvalue weighted by Crippen LogP contribution is 2.34. The first-order valence-corrected chi connectivity index (χ1v) is 8.14. The Kier molecular flexibility index (Phi) is 3.05. The Morgan fingerprint density at radius 3 is 2.13 bits per heavy atom. The van der Waals surface area contributed by atoms with Crippen molar-refractivity contribution in [1.82, 2.24) is 4.98 Å². The molecule has 0 amide bonds. The SMILES string of the molecule is CC(C)(C)c1ccc(-c2cccc3c2[nH]c2ccccc23)cc1. The number of hydrogen-bond acceptors (Lipinski definition) is 0. The number of hydrogen-bond donors (Lipinski definition) is 1. The van der Waals surface area contributed by atoms with Crippen molar-refractivity contribution in [3.63, 3.8) is 0 Å². The van der Waals surface area contributed by atoms with E-state index in [0.29, 0.717) is 0 Å². The van der Waals surface area contributed by atoms with Crippen molar-refractivity contribution in [2.45, 2.75) is 26.2 Å². The number of para-hydroxylation sites is 2. The molecule has 1 nitrogen and oxygen atoms in total. The summed E-state index contributed by atoms with van der Waals surface area (Å²) in [5, 5.41) is 2.58. The summed E-state index contributed by atoms with van der Waals surface area (Å²) in [5.41, 5.74) is 6.49. The van der Waals surface area contributed by atoms with Crippen molar-refractivity contribution < 1.29 is 0 Å². The molecule has 114 valence electrons. The van der Waals surface area contributed by atoms with E-state index in [-0.39, 0.29) is 5.41 Å². The number of aromatic amines is 1. The lowest BCUT2D eigenvalue weighted by molar-refractivity contribution is 0.590. The second kappa shape index (κ2) is 4.99. The average Bonchev–Trinajstić information content (AvgIpc) is 2.93. The zero-order valence-electron chi connectivity index (χ0n) is 13.9. The van der Waals surface area contributed by atoms with E-state index < -0.39 is 0 Å². The Bertz CT molecular complexity index is 982. The third kappa shape index (κ3) is 2.33. The van der Waals surface area contributed by atoms with E-state index in [4.69, 9.17) is 0 Å². The van der Waals surface area contributed by atoms with E-state index in [9.17, 15) is 0 Å². The predicted molar refractivity (Wildman–Crippen MR) is 99.9 cm³/mol. The first-order valence-electron chi connectivity index (χ1n) is 8.14. The van der Waals surface area contributed by atoms with Crippen molar-refractivity contribution in [3.8, 4) is 11.1 Å². The van der Waals surface area contributed by atoms with Crippen LogP contribution in [0.25, 0.3) is 32.9 Å². The fraction of sp³-hybridized carbons (Fsp3) is 0.182. The molecular weight excluding hydrogens is 278 g/mol. The quantitative estimate of drug-likeness (QED) is 0.425. The van der Waals surface area contributed by atoms with Gasteiger partial charge < -0.3 is 4.98 Å². The minimum Gasteiger partial charge on any atom is -0.354 e. The predicted octanol–water partition coefficient (Wildman–Crippen LogP) is 6.29. The van der Waals surface area contributed by atoms with Gasteiger partial charge >= 0.3 is 0 Å². The molecular formula is C22H21N. The Hall–Kier alpha value is -2.54. The molecule has 1 heterocycles. The summed E-state index contributed by atoms with van der Waals surface area (Å²) in [4.78, 5) is 3.59. The smallest absolute Gasteiger partial charge is 0.0544 e. The third-order valence-corrected chi connectivity index (χ3v) is 4.60. The molecule has 1 aromatic heterocycles. The van der Waals surface area contributed by atoms with Gasteiger partial charge in [0.1, 0.15) is 0 Å². The lowest BCUT2D eigenvalue weighted by Gasteiger charge is -2.19. The van der Waals surface area contributed by atoms with Gasteiger partial charge in [-0.25, -0.2) is 0 Å². The highest BCUT2D eigenvalue weighted by molar-refractivity contribution is 6.11. The van der Waals surface area contributed by atoms with Gasteiger partial charge in [0, 0.05) is 21.9 Å². The largest absolute Gasteiger partial charge is 0.354 e. The standard InChI is InChI=1S/C22H21N/c1-22(2,3)16-13-11-15(12-14-16)17-8-6-9-19-18-7-4-5-10-20(18)23-21(17)19/h4-14,23H,1-3H3. The molecule has 0 aliphatic carbocycles. The van der Waals surface area contributed by atoms with Gasteiger partial charge in [-0.1, -0.05) is 81.4 Å². The number of fused-ring (bicyclic) bond motifs is 3. The second-order valence-electron chi connectivity index (χ2n) is 7.23. The van der Waals surface area contributed by atoms with Gasteiger partial charge in [0.25, 0.3) is 0 Å². The van der Waals surface area contributed by atoms with Crippen LogP contribution in [0.3, 0.4) is 0 Å². The fourth-order valence-corrected chi connectivity index (χ4v) is 3.26. The molecule has 4 aromatic rings. The lowest BCUT2D eigenvalue weighted by Crippen LogP contribution is -2.10. The molecule has 0 radical (unpaired) electrons. The molecule has 3 aromatic carbocycles. The maximum absolute atomic E-state index is 3.59. The van der Waals surface area contributed by atoms with Crippen LogP contribution < -0.4 is 0 Å². The zero-order valence-corrected chi connectivity index (χ0v) is 13.9. The average molecular weight is 299 g/mol. The van der Waals surface area contributed by atoms with Crippen LogP contribution in [0.15, 0.2) is 66.7 Å². The molecule has 4 rings (SSSR count). The van der Waals surface area contributed by atoms with Gasteiger partial charge in [0.15, 0.2) is 0 Å². The molecule has 0 fully saturated rings. The van der Waals surface area contributed by atoms with E-state index in [2.05, 4.69) is 92.5 Å². The molecule has 1 heteroatoms. The molecule has 23 heavy (non-hydrogen) atoms. The van der Waals surface area contributed by atoms with Crippen LogP contribution in [-0.4, -0.2) is 4.98 Å². The van der Waals surface area contributed by atoms with Gasteiger partial charge in [-0.05, 0) is 22.6 Å². The summed E-state index contributed by atoms with van der Waals surface area (Å²) in [6, 6.07) is 24.0. The molecule has 0 aliphatic heterocycles. The Balaban J connectivity index is 1.92. The van der Waals surface area contributed by atoms with Gasteiger partial charge in [-0.3, -0.25) is 0 Å². The number of H-pyrrole nitrogens is 1. The first kappa shape index (κ1) is 14.1. The minimum absolute atomic E-state index is 0.186. The zero-order chi connectivity index (χ0) is 16.0. The summed E-state index contributed by atoms with van der Waals surface area (Å²) in [5.74, 6) is 0. The van der Waals surface area contributed by atoms with Crippen molar-refractivity contribution in [1.29, 1.82) is 0 Å². The van der Waals surface area contributed by atoms with Crippen molar-refractivity contribution in [2.75, 3.05) is 0 Å². The summed E-state index contributed by atoms with van der Waals surface area (Å²) in [6.45, 7) is 6.75. The fourth-order valence-electron chi connectivity index (χ4n) is 3.26. The Morgan fingerprint density at radius 2 is 1.39 bits per heavy atom. The summed E-state index contributed by atoms with van der Waals surface area (Å²) >= 11 is 0. The van der Waals surface area contributed by atoms with Gasteiger partial charge in [-0.2, -0.15) is 0 Å². The minimum atomic E-state index is 0.186. The van der Waals surface area contributed by atoms with E-state index in [1.807, 2.05) is 0 Å². The molecule has 0 atom stereocenters. The van der Waals surface area contributed by atoms with Crippen LogP contribution in [0.4, 0.5) is 0 Å². The Labute approximate surface area is 137 Å². The van der Waals surface area contributed by atoms with Crippen LogP contribution in [0, 0.1) is 0 Å². The van der Waals surface area contributed by atoms with Gasteiger partial charge in [-0.15, -0.1) is 0 Å². The number of rotatable bonds is 1. The van der Waals surface area contributed by atoms with E-state index in [0.717, 1.165) is 0 Å². The van der Waals surface area contributed by atoms with Crippen molar-refractivity contribution in [2.24, 2.45) is 0 Å². The number of aromatic nitrogens is 1. The van der Waals surface area contributed by atoms with Crippen LogP contribution in [0.2, 0.25) is 0 Å². The lowest BCUT2D eigenvalue weighted by atomic mass is 9.86. The topological polar surface area (TPSA) is 15.8 Å².